The largest absolute Gasteiger partial charge is 0.324 e. The molecule has 0 bridgehead atoms. The van der Waals surface area contributed by atoms with Crippen molar-refractivity contribution in [2.75, 3.05) is 6.54 Å². The molecule has 84 valence electrons. The topological polar surface area (TPSA) is 55.2 Å². The second-order valence-electron chi connectivity index (χ2n) is 3.86. The van der Waals surface area contributed by atoms with E-state index in [1.807, 2.05) is 6.07 Å². The summed E-state index contributed by atoms with van der Waals surface area (Å²) in [6.45, 7) is 6.05. The van der Waals surface area contributed by atoms with Gasteiger partial charge in [-0.2, -0.15) is 0 Å². The van der Waals surface area contributed by atoms with Gasteiger partial charge in [-0.3, -0.25) is 10.1 Å². The third-order valence-electron chi connectivity index (χ3n) is 2.03. The van der Waals surface area contributed by atoms with Gasteiger partial charge < -0.3 is 5.32 Å². The molecule has 0 aromatic carbocycles. The van der Waals surface area contributed by atoms with Gasteiger partial charge in [0, 0.05) is 17.5 Å². The Labute approximate surface area is 93.5 Å². The van der Waals surface area contributed by atoms with Crippen LogP contribution in [0.15, 0.2) is 12.1 Å². The van der Waals surface area contributed by atoms with Crippen molar-refractivity contribution in [3.8, 4) is 0 Å². The molecule has 15 heavy (non-hydrogen) atoms. The van der Waals surface area contributed by atoms with Crippen LogP contribution in [0.4, 0.5) is 5.00 Å². The van der Waals surface area contributed by atoms with Gasteiger partial charge in [0.1, 0.15) is 0 Å². The van der Waals surface area contributed by atoms with Gasteiger partial charge in [-0.05, 0) is 24.9 Å². The van der Waals surface area contributed by atoms with Crippen LogP contribution in [-0.4, -0.2) is 11.5 Å². The quantitative estimate of drug-likeness (QED) is 0.463. The molecular formula is C10H16N2O2S. The van der Waals surface area contributed by atoms with Crippen LogP contribution in [0.25, 0.3) is 0 Å². The van der Waals surface area contributed by atoms with E-state index in [9.17, 15) is 10.1 Å². The Morgan fingerprint density at radius 1 is 1.53 bits per heavy atom. The normalized spacial score (nSPS) is 10.9. The molecule has 0 unspecified atom stereocenters. The van der Waals surface area contributed by atoms with E-state index >= 15 is 0 Å². The van der Waals surface area contributed by atoms with Crippen LogP contribution >= 0.6 is 11.3 Å². The second-order valence-corrected chi connectivity index (χ2v) is 5.00. The predicted molar refractivity (Wildman–Crippen MR) is 62.1 cm³/mol. The molecule has 1 heterocycles. The first kappa shape index (κ1) is 12.1. The standard InChI is InChI=1S/C10H16N2O2S/c1-8(2)5-6-11-7-9-3-4-10(15-9)12(13)14/h3-4,8,11H,5-7H2,1-2H3. The van der Waals surface area contributed by atoms with E-state index in [0.29, 0.717) is 5.92 Å². The van der Waals surface area contributed by atoms with Crippen molar-refractivity contribution in [3.05, 3.63) is 27.1 Å². The van der Waals surface area contributed by atoms with Crippen molar-refractivity contribution in [3.63, 3.8) is 0 Å². The van der Waals surface area contributed by atoms with Crippen molar-refractivity contribution < 1.29 is 4.92 Å². The van der Waals surface area contributed by atoms with Crippen LogP contribution in [0.1, 0.15) is 25.1 Å². The number of nitro groups is 1. The molecule has 0 aliphatic heterocycles. The summed E-state index contributed by atoms with van der Waals surface area (Å²) in [4.78, 5) is 11.1. The van der Waals surface area contributed by atoms with Crippen molar-refractivity contribution in [1.29, 1.82) is 0 Å². The molecule has 5 heteroatoms. The van der Waals surface area contributed by atoms with Crippen molar-refractivity contribution in [1.82, 2.24) is 5.32 Å². The average Bonchev–Trinajstić information content (AvgIpc) is 2.60. The molecule has 0 aliphatic rings. The second kappa shape index (κ2) is 5.82. The van der Waals surface area contributed by atoms with Gasteiger partial charge >= 0.3 is 5.00 Å². The van der Waals surface area contributed by atoms with E-state index in [-0.39, 0.29) is 9.92 Å². The number of hydrogen-bond donors (Lipinski definition) is 1. The summed E-state index contributed by atoms with van der Waals surface area (Å²) in [5.41, 5.74) is 0. The number of hydrogen-bond acceptors (Lipinski definition) is 4. The predicted octanol–water partition coefficient (Wildman–Crippen LogP) is 2.79. The summed E-state index contributed by atoms with van der Waals surface area (Å²) in [6, 6.07) is 3.37. The summed E-state index contributed by atoms with van der Waals surface area (Å²) in [6.07, 6.45) is 1.13. The van der Waals surface area contributed by atoms with Crippen LogP contribution in [0.3, 0.4) is 0 Å². The molecule has 1 aromatic heterocycles. The highest BCUT2D eigenvalue weighted by Crippen LogP contribution is 2.23. The zero-order chi connectivity index (χ0) is 11.3. The molecule has 0 spiro atoms. The van der Waals surface area contributed by atoms with Gasteiger partial charge in [-0.1, -0.05) is 25.2 Å². The molecule has 0 fully saturated rings. The third-order valence-corrected chi connectivity index (χ3v) is 3.06. The molecule has 0 atom stereocenters. The molecule has 0 saturated carbocycles. The van der Waals surface area contributed by atoms with Gasteiger partial charge in [0.15, 0.2) is 0 Å². The minimum Gasteiger partial charge on any atom is -0.312 e. The van der Waals surface area contributed by atoms with E-state index in [4.69, 9.17) is 0 Å². The van der Waals surface area contributed by atoms with Crippen LogP contribution in [-0.2, 0) is 6.54 Å². The van der Waals surface area contributed by atoms with E-state index in [1.54, 1.807) is 6.07 Å². The van der Waals surface area contributed by atoms with Gasteiger partial charge in [-0.15, -0.1) is 0 Å². The number of nitrogens with one attached hydrogen (secondary N) is 1. The molecule has 1 N–H and O–H groups in total. The summed E-state index contributed by atoms with van der Waals surface area (Å²) in [5.74, 6) is 0.690. The molecule has 0 aliphatic carbocycles. The Morgan fingerprint density at radius 2 is 2.27 bits per heavy atom. The lowest BCUT2D eigenvalue weighted by Crippen LogP contribution is -2.15. The molecule has 4 nitrogen and oxygen atoms in total. The molecule has 0 radical (unpaired) electrons. The lowest BCUT2D eigenvalue weighted by Gasteiger charge is -2.04. The maximum absolute atomic E-state index is 10.4. The Hall–Kier alpha value is -0.940. The minimum atomic E-state index is -0.345. The Balaban J connectivity index is 2.29. The van der Waals surface area contributed by atoms with Crippen LogP contribution in [0, 0.1) is 16.0 Å². The van der Waals surface area contributed by atoms with E-state index in [0.717, 1.165) is 24.4 Å². The third kappa shape index (κ3) is 4.40. The zero-order valence-corrected chi connectivity index (χ0v) is 9.84. The highest BCUT2D eigenvalue weighted by atomic mass is 32.1. The van der Waals surface area contributed by atoms with Crippen LogP contribution in [0.5, 0.6) is 0 Å². The van der Waals surface area contributed by atoms with Crippen LogP contribution in [0.2, 0.25) is 0 Å². The molecule has 1 aromatic rings. The summed E-state index contributed by atoms with van der Waals surface area (Å²) >= 11 is 1.24. The summed E-state index contributed by atoms with van der Waals surface area (Å²) < 4.78 is 0. The zero-order valence-electron chi connectivity index (χ0n) is 9.03. The Bertz CT molecular complexity index is 323. The van der Waals surface area contributed by atoms with Crippen molar-refractivity contribution in [2.45, 2.75) is 26.8 Å². The number of rotatable bonds is 6. The van der Waals surface area contributed by atoms with E-state index in [2.05, 4.69) is 19.2 Å². The molecule has 0 saturated heterocycles. The maximum atomic E-state index is 10.4. The highest BCUT2D eigenvalue weighted by Gasteiger charge is 2.08. The fourth-order valence-electron chi connectivity index (χ4n) is 1.16. The van der Waals surface area contributed by atoms with Gasteiger partial charge in [-0.25, -0.2) is 0 Å². The summed E-state index contributed by atoms with van der Waals surface area (Å²) in [7, 11) is 0. The SMILES string of the molecule is CC(C)CCNCc1ccc([N+](=O)[O-])s1. The lowest BCUT2D eigenvalue weighted by molar-refractivity contribution is -0.380. The van der Waals surface area contributed by atoms with Crippen molar-refractivity contribution >= 4 is 16.3 Å². The van der Waals surface area contributed by atoms with E-state index in [1.165, 1.54) is 11.3 Å². The molecule has 1 rings (SSSR count). The first-order chi connectivity index (χ1) is 7.09. The van der Waals surface area contributed by atoms with Gasteiger partial charge in [0.25, 0.3) is 0 Å². The van der Waals surface area contributed by atoms with Gasteiger partial charge in [0.2, 0.25) is 0 Å². The monoisotopic (exact) mass is 228 g/mol. The smallest absolute Gasteiger partial charge is 0.312 e. The van der Waals surface area contributed by atoms with Crippen molar-refractivity contribution in [2.24, 2.45) is 5.92 Å². The fourth-order valence-corrected chi connectivity index (χ4v) is 1.95. The summed E-state index contributed by atoms with van der Waals surface area (Å²) in [5, 5.41) is 13.9. The Morgan fingerprint density at radius 3 is 2.80 bits per heavy atom. The first-order valence-corrected chi connectivity index (χ1v) is 5.85. The lowest BCUT2D eigenvalue weighted by atomic mass is 10.1. The molecule has 0 amide bonds. The van der Waals surface area contributed by atoms with Gasteiger partial charge in [0.05, 0.1) is 4.92 Å². The number of nitrogens with zero attached hydrogens (tertiary/aromatic N) is 1. The Kier molecular flexibility index (Phi) is 4.71. The minimum absolute atomic E-state index is 0.218. The number of thiophene rings is 1. The molecular weight excluding hydrogens is 212 g/mol. The first-order valence-electron chi connectivity index (χ1n) is 5.03. The fraction of sp³-hybridized carbons (Fsp3) is 0.600. The average molecular weight is 228 g/mol. The highest BCUT2D eigenvalue weighted by molar-refractivity contribution is 7.15. The maximum Gasteiger partial charge on any atom is 0.324 e. The van der Waals surface area contributed by atoms with E-state index < -0.39 is 0 Å². The van der Waals surface area contributed by atoms with Crippen LogP contribution < -0.4 is 5.32 Å².